The molecule has 0 unspecified atom stereocenters. The number of nitrogens with one attached hydrogen (secondary N) is 1. The largest absolute Gasteiger partial charge is 0.439 e. The second-order valence-corrected chi connectivity index (χ2v) is 6.81. The molecule has 0 radical (unpaired) electrons. The average Bonchev–Trinajstić information content (AvgIpc) is 2.64. The summed E-state index contributed by atoms with van der Waals surface area (Å²) in [4.78, 5) is 16.3. The number of carbonyl (C=O) groups excluding carboxylic acids is 1. The van der Waals surface area contributed by atoms with E-state index < -0.39 is 23.5 Å². The summed E-state index contributed by atoms with van der Waals surface area (Å²) in [6, 6.07) is 12.8. The highest BCUT2D eigenvalue weighted by molar-refractivity contribution is 14.1. The molecule has 0 atom stereocenters. The normalized spacial score (nSPS) is 11.2. The monoisotopic (exact) mass is 502 g/mol. The fourth-order valence-electron chi connectivity index (χ4n) is 2.23. The number of carbonyl (C=O) groups is 1. The van der Waals surface area contributed by atoms with Crippen LogP contribution in [0.25, 0.3) is 0 Å². The van der Waals surface area contributed by atoms with Gasteiger partial charge in [-0.25, -0.2) is 9.37 Å². The molecule has 9 heteroatoms. The first-order valence-electron chi connectivity index (χ1n) is 7.81. The van der Waals surface area contributed by atoms with Gasteiger partial charge in [-0.2, -0.15) is 13.2 Å². The van der Waals surface area contributed by atoms with Gasteiger partial charge < -0.3 is 10.1 Å². The maximum Gasteiger partial charge on any atom is 0.416 e. The molecule has 1 N–H and O–H groups in total. The van der Waals surface area contributed by atoms with Crippen molar-refractivity contribution in [2.45, 2.75) is 6.18 Å². The van der Waals surface area contributed by atoms with Crippen LogP contribution in [0.3, 0.4) is 0 Å². The number of alkyl halides is 3. The van der Waals surface area contributed by atoms with Crippen LogP contribution in [0.1, 0.15) is 16.1 Å². The number of anilines is 1. The SMILES string of the molecule is O=C(Nc1ccc(I)cc1F)c1cccc(Oc2cccc(C(F)(F)F)c2)n1. The molecule has 0 aliphatic heterocycles. The number of rotatable bonds is 4. The molecule has 0 fully saturated rings. The summed E-state index contributed by atoms with van der Waals surface area (Å²) in [5, 5.41) is 2.39. The second-order valence-electron chi connectivity index (χ2n) is 5.57. The molecule has 1 heterocycles. The van der Waals surface area contributed by atoms with E-state index in [1.165, 1.54) is 42.5 Å². The Labute approximate surface area is 170 Å². The van der Waals surface area contributed by atoms with Gasteiger partial charge >= 0.3 is 6.18 Å². The van der Waals surface area contributed by atoms with E-state index in [0.717, 1.165) is 12.1 Å². The van der Waals surface area contributed by atoms with E-state index in [1.807, 2.05) is 22.6 Å². The first-order valence-corrected chi connectivity index (χ1v) is 8.89. The third kappa shape index (κ3) is 4.97. The molecule has 28 heavy (non-hydrogen) atoms. The lowest BCUT2D eigenvalue weighted by molar-refractivity contribution is -0.137. The van der Waals surface area contributed by atoms with E-state index in [9.17, 15) is 22.4 Å². The standard InChI is InChI=1S/C19H11F4IN2O2/c20-14-10-12(24)7-8-15(14)26-18(27)16-5-2-6-17(25-16)28-13-4-1-3-11(9-13)19(21,22)23/h1-10H,(H,26,27). The van der Waals surface area contributed by atoms with Crippen LogP contribution in [0, 0.1) is 9.39 Å². The number of benzene rings is 2. The van der Waals surface area contributed by atoms with E-state index in [1.54, 1.807) is 6.07 Å². The second kappa shape index (κ2) is 8.13. The predicted octanol–water partition coefficient (Wildman–Crippen LogP) is 5.89. The van der Waals surface area contributed by atoms with E-state index in [0.29, 0.717) is 3.57 Å². The van der Waals surface area contributed by atoms with Crippen LogP contribution in [0.4, 0.5) is 23.2 Å². The van der Waals surface area contributed by atoms with Crippen molar-refractivity contribution < 1.29 is 27.1 Å². The van der Waals surface area contributed by atoms with Crippen molar-refractivity contribution in [3.8, 4) is 11.6 Å². The van der Waals surface area contributed by atoms with E-state index in [2.05, 4.69) is 10.3 Å². The van der Waals surface area contributed by atoms with Crippen molar-refractivity contribution in [1.82, 2.24) is 4.98 Å². The van der Waals surface area contributed by atoms with E-state index in [-0.39, 0.29) is 23.0 Å². The van der Waals surface area contributed by atoms with E-state index in [4.69, 9.17) is 4.74 Å². The van der Waals surface area contributed by atoms with Crippen molar-refractivity contribution in [1.29, 1.82) is 0 Å². The highest BCUT2D eigenvalue weighted by atomic mass is 127. The topological polar surface area (TPSA) is 51.2 Å². The molecule has 144 valence electrons. The van der Waals surface area contributed by atoms with Crippen LogP contribution in [0.2, 0.25) is 0 Å². The van der Waals surface area contributed by atoms with Gasteiger partial charge in [0.05, 0.1) is 11.3 Å². The minimum Gasteiger partial charge on any atom is -0.439 e. The Morgan fingerprint density at radius 1 is 1.04 bits per heavy atom. The molecule has 0 saturated carbocycles. The van der Waals surface area contributed by atoms with Gasteiger partial charge in [0.2, 0.25) is 5.88 Å². The van der Waals surface area contributed by atoms with Gasteiger partial charge in [0.15, 0.2) is 0 Å². The van der Waals surface area contributed by atoms with Crippen LogP contribution in [0.15, 0.2) is 60.7 Å². The summed E-state index contributed by atoms with van der Waals surface area (Å²) in [7, 11) is 0. The van der Waals surface area contributed by atoms with Crippen LogP contribution < -0.4 is 10.1 Å². The quantitative estimate of drug-likeness (QED) is 0.358. The Balaban J connectivity index is 1.78. The summed E-state index contributed by atoms with van der Waals surface area (Å²) in [6.45, 7) is 0. The van der Waals surface area contributed by atoms with Crippen molar-refractivity contribution in [2.75, 3.05) is 5.32 Å². The number of aromatic nitrogens is 1. The molecular formula is C19H11F4IN2O2. The van der Waals surface area contributed by atoms with Gasteiger partial charge in [0, 0.05) is 9.64 Å². The number of nitrogens with zero attached hydrogens (tertiary/aromatic N) is 1. The molecule has 0 aliphatic carbocycles. The molecule has 1 aromatic heterocycles. The fourth-order valence-corrected chi connectivity index (χ4v) is 2.69. The van der Waals surface area contributed by atoms with Gasteiger partial charge in [-0.15, -0.1) is 0 Å². The molecule has 4 nitrogen and oxygen atoms in total. The Hall–Kier alpha value is -2.69. The van der Waals surface area contributed by atoms with Gasteiger partial charge in [-0.1, -0.05) is 12.1 Å². The van der Waals surface area contributed by atoms with Crippen molar-refractivity contribution >= 4 is 34.2 Å². The Bertz CT molecular complexity index is 1020. The van der Waals surface area contributed by atoms with Gasteiger partial charge in [-0.05, 0) is 65.1 Å². The number of amides is 1. The highest BCUT2D eigenvalue weighted by Crippen LogP contribution is 2.32. The smallest absolute Gasteiger partial charge is 0.416 e. The first-order chi connectivity index (χ1) is 13.2. The summed E-state index contributed by atoms with van der Waals surface area (Å²) in [6.07, 6.45) is -4.51. The number of pyridine rings is 1. The zero-order valence-corrected chi connectivity index (χ0v) is 16.1. The lowest BCUT2D eigenvalue weighted by atomic mass is 10.2. The Morgan fingerprint density at radius 2 is 1.79 bits per heavy atom. The van der Waals surface area contributed by atoms with Gasteiger partial charge in [-0.3, -0.25) is 4.79 Å². The number of hydrogen-bond acceptors (Lipinski definition) is 3. The van der Waals surface area contributed by atoms with Crippen LogP contribution in [-0.4, -0.2) is 10.9 Å². The molecule has 1 amide bonds. The molecule has 0 saturated heterocycles. The van der Waals surface area contributed by atoms with Crippen LogP contribution in [-0.2, 0) is 6.18 Å². The van der Waals surface area contributed by atoms with Crippen LogP contribution >= 0.6 is 22.6 Å². The zero-order chi connectivity index (χ0) is 20.3. The molecular weight excluding hydrogens is 491 g/mol. The Morgan fingerprint density at radius 3 is 2.50 bits per heavy atom. The zero-order valence-electron chi connectivity index (χ0n) is 13.9. The summed E-state index contributed by atoms with van der Waals surface area (Å²) in [5.41, 5.74) is -0.966. The lowest BCUT2D eigenvalue weighted by Gasteiger charge is -2.10. The molecule has 0 aliphatic rings. The minimum absolute atomic E-state index is 0.0172. The fraction of sp³-hybridized carbons (Fsp3) is 0.0526. The maximum absolute atomic E-state index is 13.9. The molecule has 2 aromatic carbocycles. The maximum atomic E-state index is 13.9. The number of hydrogen-bond donors (Lipinski definition) is 1. The summed E-state index contributed by atoms with van der Waals surface area (Å²) in [5.74, 6) is -1.44. The first kappa shape index (κ1) is 20.1. The summed E-state index contributed by atoms with van der Waals surface area (Å²) < 4.78 is 58.2. The van der Waals surface area contributed by atoms with Gasteiger partial charge in [0.25, 0.3) is 5.91 Å². The summed E-state index contributed by atoms with van der Waals surface area (Å²) >= 11 is 1.94. The third-order valence-corrected chi connectivity index (χ3v) is 4.19. The molecule has 3 rings (SSSR count). The van der Waals surface area contributed by atoms with E-state index >= 15 is 0 Å². The van der Waals surface area contributed by atoms with Crippen molar-refractivity contribution in [2.24, 2.45) is 0 Å². The third-order valence-electron chi connectivity index (χ3n) is 3.52. The van der Waals surface area contributed by atoms with Crippen molar-refractivity contribution in [3.05, 3.63) is 81.3 Å². The van der Waals surface area contributed by atoms with Crippen molar-refractivity contribution in [3.63, 3.8) is 0 Å². The molecule has 0 spiro atoms. The predicted molar refractivity (Wildman–Crippen MR) is 103 cm³/mol. The molecule has 0 bridgehead atoms. The lowest BCUT2D eigenvalue weighted by Crippen LogP contribution is -2.14. The number of ether oxygens (including phenoxy) is 1. The van der Waals surface area contributed by atoms with Crippen LogP contribution in [0.5, 0.6) is 11.6 Å². The number of halogens is 5. The Kier molecular flexibility index (Phi) is 5.82. The minimum atomic E-state index is -4.51. The molecule has 3 aromatic rings. The average molecular weight is 502 g/mol. The van der Waals surface area contributed by atoms with Gasteiger partial charge in [0.1, 0.15) is 17.3 Å². The highest BCUT2D eigenvalue weighted by Gasteiger charge is 2.30.